The smallest absolute Gasteiger partial charge is 0.249 e. The van der Waals surface area contributed by atoms with Crippen molar-refractivity contribution in [2.45, 2.75) is 165 Å². The summed E-state index contributed by atoms with van der Waals surface area (Å²) in [4.78, 5) is 45.4. The molecule has 1 saturated heterocycles. The van der Waals surface area contributed by atoms with E-state index in [1.54, 1.807) is 18.3 Å². The minimum absolute atomic E-state index is 0.0907. The summed E-state index contributed by atoms with van der Waals surface area (Å²) >= 11 is 0. The van der Waals surface area contributed by atoms with Gasteiger partial charge in [0.2, 0.25) is 17.7 Å². The topological polar surface area (TPSA) is 305 Å². The highest BCUT2D eigenvalue weighted by Gasteiger charge is 2.46. The molecule has 24 heteroatoms. The number of carbonyl (C=O) groups excluding carboxylic acids is 3. The van der Waals surface area contributed by atoms with Crippen molar-refractivity contribution >= 4 is 56.3 Å². The van der Waals surface area contributed by atoms with Gasteiger partial charge in [-0.2, -0.15) is 0 Å². The molecule has 580 valence electrons. The molecule has 1 unspecified atom stereocenters. The number of aliphatic hydroxyl groups excluding tert-OH is 4. The lowest BCUT2D eigenvalue weighted by atomic mass is 9.78. The van der Waals surface area contributed by atoms with Crippen molar-refractivity contribution in [3.05, 3.63) is 173 Å². The van der Waals surface area contributed by atoms with Crippen molar-refractivity contribution in [1.82, 2.24) is 25.6 Å². The number of likely N-dealkylation sites (N-methyl/N-ethyl adjacent to an activating group) is 1. The van der Waals surface area contributed by atoms with Crippen LogP contribution in [-0.4, -0.2) is 209 Å². The molecule has 0 radical (unpaired) electrons. The number of hydrogen-bond donors (Lipinski definition) is 8. The van der Waals surface area contributed by atoms with Gasteiger partial charge in [0.25, 0.3) is 0 Å². The summed E-state index contributed by atoms with van der Waals surface area (Å²) in [6.45, 7) is 16.0. The number of nitrogens with two attached hydrogens (primary N) is 1. The van der Waals surface area contributed by atoms with Gasteiger partial charge in [0.15, 0.2) is 6.29 Å². The molecular formula is C83H113N9O15. The summed E-state index contributed by atoms with van der Waals surface area (Å²) in [5.74, 6) is -0.589. The van der Waals surface area contributed by atoms with E-state index in [1.807, 2.05) is 12.1 Å². The van der Waals surface area contributed by atoms with E-state index < -0.39 is 43.4 Å². The first-order valence-electron chi connectivity index (χ1n) is 38.2. The molecule has 1 aliphatic carbocycles. The zero-order valence-corrected chi connectivity index (χ0v) is 63.0. The van der Waals surface area contributed by atoms with Crippen LogP contribution in [-0.2, 0) is 76.1 Å². The number of amides is 3. The van der Waals surface area contributed by atoms with Crippen LogP contribution in [0.2, 0.25) is 0 Å². The number of allylic oxidation sites excluding steroid dienone is 7. The Morgan fingerprint density at radius 1 is 0.673 bits per heavy atom. The SMILES string of the molecule is CN1/C(=C/C=C2C=C(/C=C/C3N(CCCCCC(=O)NCc4cn([C@@H](CCCCNC(=O)CCOCCOCCOCCOCCOCCOCCN)C(=O)Nc5ccc(CCO[C@@H]6O[C@H](CO)[C@@H](O)[C@H](O)[C@H]6O)cc5)nn4)c4ccc5ccccc5c4C3(C)C)CCC/2)C(C)(C)c2c1ccc1ccccc21. The van der Waals surface area contributed by atoms with E-state index in [2.05, 4.69) is 174 Å². The predicted molar refractivity (Wildman–Crippen MR) is 414 cm³/mol. The molecule has 6 aromatic rings. The molecule has 3 amide bonds. The van der Waals surface area contributed by atoms with E-state index >= 15 is 0 Å². The number of carbonyl (C=O) groups is 3. The molecule has 24 nitrogen and oxygen atoms in total. The first kappa shape index (κ1) is 81.7. The van der Waals surface area contributed by atoms with Crippen LogP contribution in [0.4, 0.5) is 17.1 Å². The minimum atomic E-state index is -1.55. The zero-order chi connectivity index (χ0) is 75.6. The van der Waals surface area contributed by atoms with Crippen LogP contribution >= 0.6 is 0 Å². The maximum Gasteiger partial charge on any atom is 0.249 e. The van der Waals surface area contributed by atoms with Gasteiger partial charge in [-0.15, -0.1) is 5.10 Å². The van der Waals surface area contributed by atoms with E-state index in [0.29, 0.717) is 136 Å². The monoisotopic (exact) mass is 1480 g/mol. The highest BCUT2D eigenvalue weighted by Crippen LogP contribution is 2.51. The molecule has 1 fully saturated rings. The predicted octanol–water partition coefficient (Wildman–Crippen LogP) is 9.11. The molecule has 10 rings (SSSR count). The number of fused-ring (bicyclic) bond motifs is 6. The summed E-state index contributed by atoms with van der Waals surface area (Å²) in [5, 5.41) is 63.2. The van der Waals surface area contributed by atoms with E-state index in [1.165, 1.54) is 65.6 Å². The lowest BCUT2D eigenvalue weighted by Crippen LogP contribution is -2.59. The Balaban J connectivity index is 0.684. The van der Waals surface area contributed by atoms with Gasteiger partial charge in [-0.05, 0) is 138 Å². The van der Waals surface area contributed by atoms with Gasteiger partial charge < -0.3 is 89.8 Å². The average Bonchev–Trinajstić information content (AvgIpc) is 1.58. The van der Waals surface area contributed by atoms with Crippen LogP contribution in [0.5, 0.6) is 0 Å². The summed E-state index contributed by atoms with van der Waals surface area (Å²) < 4.78 is 45.6. The molecular weight excluding hydrogens is 1360 g/mol. The summed E-state index contributed by atoms with van der Waals surface area (Å²) in [6, 6.07) is 33.0. The highest BCUT2D eigenvalue weighted by molar-refractivity contribution is 5.96. The lowest BCUT2D eigenvalue weighted by Gasteiger charge is -2.39. The van der Waals surface area contributed by atoms with Gasteiger partial charge in [-0.25, -0.2) is 4.68 Å². The zero-order valence-electron chi connectivity index (χ0n) is 63.0. The molecule has 4 heterocycles. The van der Waals surface area contributed by atoms with Crippen molar-refractivity contribution in [2.24, 2.45) is 5.73 Å². The van der Waals surface area contributed by atoms with Crippen LogP contribution in [0.25, 0.3) is 21.5 Å². The fraction of sp³-hybridized carbons (Fsp3) is 0.530. The van der Waals surface area contributed by atoms with E-state index in [-0.39, 0.29) is 60.8 Å². The molecule has 0 bridgehead atoms. The second-order valence-corrected chi connectivity index (χ2v) is 29.0. The van der Waals surface area contributed by atoms with Crippen LogP contribution in [0, 0.1) is 0 Å². The maximum atomic E-state index is 14.2. The van der Waals surface area contributed by atoms with E-state index in [0.717, 1.165) is 44.2 Å². The summed E-state index contributed by atoms with van der Waals surface area (Å²) in [6.07, 6.45) is 14.8. The number of anilines is 3. The van der Waals surface area contributed by atoms with Gasteiger partial charge in [0.1, 0.15) is 36.2 Å². The number of aliphatic hydroxyl groups is 4. The molecule has 107 heavy (non-hydrogen) atoms. The molecule has 4 aliphatic rings. The normalized spacial score (nSPS) is 20.7. The Morgan fingerprint density at radius 2 is 1.31 bits per heavy atom. The number of unbranched alkanes of at least 4 members (excludes halogenated alkanes) is 3. The average molecular weight is 1480 g/mol. The fourth-order valence-corrected chi connectivity index (χ4v) is 14.9. The molecule has 0 spiro atoms. The quantitative estimate of drug-likeness (QED) is 0.0165. The second-order valence-electron chi connectivity index (χ2n) is 29.0. The maximum absolute atomic E-state index is 14.2. The molecule has 3 aliphatic heterocycles. The van der Waals surface area contributed by atoms with Crippen molar-refractivity contribution in [2.75, 3.05) is 134 Å². The third kappa shape index (κ3) is 22.5. The highest BCUT2D eigenvalue weighted by atomic mass is 16.7. The van der Waals surface area contributed by atoms with Gasteiger partial charge in [-0.3, -0.25) is 14.4 Å². The minimum Gasteiger partial charge on any atom is -0.394 e. The Morgan fingerprint density at radius 3 is 1.98 bits per heavy atom. The third-order valence-electron chi connectivity index (χ3n) is 20.6. The summed E-state index contributed by atoms with van der Waals surface area (Å²) in [5.41, 5.74) is 16.2. The first-order valence-corrected chi connectivity index (χ1v) is 38.2. The van der Waals surface area contributed by atoms with Gasteiger partial charge in [-0.1, -0.05) is 136 Å². The largest absolute Gasteiger partial charge is 0.394 e. The van der Waals surface area contributed by atoms with Crippen molar-refractivity contribution in [1.29, 1.82) is 0 Å². The molecule has 5 aromatic carbocycles. The molecule has 0 saturated carbocycles. The van der Waals surface area contributed by atoms with Crippen molar-refractivity contribution in [3.63, 3.8) is 0 Å². The van der Waals surface area contributed by atoms with Crippen molar-refractivity contribution in [3.8, 4) is 0 Å². The number of hydrogen-bond acceptors (Lipinski definition) is 20. The van der Waals surface area contributed by atoms with Crippen LogP contribution in [0.3, 0.4) is 0 Å². The summed E-state index contributed by atoms with van der Waals surface area (Å²) in [7, 11) is 2.20. The van der Waals surface area contributed by atoms with Gasteiger partial charge in [0, 0.05) is 73.1 Å². The van der Waals surface area contributed by atoms with E-state index in [9.17, 15) is 34.8 Å². The standard InChI is InChI=1S/C83H113N9O15/c1-82(2)71(90(5)67-32-28-61-18-8-10-20-65(61)75(67)82)34-26-59-16-15-17-60(54-59)27-35-72-83(3,4)76-66-21-11-9-19-62(66)29-33-68(76)91(72)40-14-6-7-23-73(94)86-55-64-56-92(89-88-64)69(80(99)87-63-30-24-58(25-31-63)36-42-106-81-79(98)78(97)77(96)70(57-93)107-81)22-12-13-39-85-74(95)37-41-100-44-46-102-48-50-104-52-53-105-51-49-103-47-45-101-43-38-84/h8-11,18-21,24-35,54,56,69-70,72,77-79,81,93,96-98H,6-7,12-17,22-23,36-53,55,57,84H2,1-5H3,(H,85,95)(H,86,94)(H,87,99)/b35-27+,59-26+,71-34+/t69-,70+,72?,77+,78-,79+,81+/m0/s1. The van der Waals surface area contributed by atoms with Crippen molar-refractivity contribution < 1.29 is 72.7 Å². The lowest BCUT2D eigenvalue weighted by molar-refractivity contribution is -0.300. The van der Waals surface area contributed by atoms with Gasteiger partial charge >= 0.3 is 0 Å². The Bertz CT molecular complexity index is 3950. The van der Waals surface area contributed by atoms with Crippen LogP contribution in [0.1, 0.15) is 127 Å². The number of aromatic nitrogens is 3. The third-order valence-corrected chi connectivity index (χ3v) is 20.6. The molecule has 9 N–H and O–H groups in total. The Hall–Kier alpha value is -7.79. The number of nitrogens with zero attached hydrogens (tertiary/aromatic N) is 5. The van der Waals surface area contributed by atoms with Gasteiger partial charge in [0.05, 0.1) is 111 Å². The van der Waals surface area contributed by atoms with Crippen LogP contribution in [0.15, 0.2) is 150 Å². The Kier molecular flexibility index (Phi) is 31.4. The molecule has 7 atom stereocenters. The molecule has 1 aromatic heterocycles. The number of benzene rings is 5. The first-order chi connectivity index (χ1) is 52.0. The number of rotatable bonds is 44. The second kappa shape index (κ2) is 41.1. The fourth-order valence-electron chi connectivity index (χ4n) is 14.9. The number of nitrogens with one attached hydrogen (secondary N) is 3. The Labute approximate surface area is 629 Å². The number of ether oxygens (including phenoxy) is 8. The van der Waals surface area contributed by atoms with E-state index in [4.69, 9.17) is 43.6 Å². The van der Waals surface area contributed by atoms with Crippen LogP contribution < -0.4 is 31.5 Å².